The van der Waals surface area contributed by atoms with Gasteiger partial charge in [0.05, 0.1) is 30.4 Å². The number of ether oxygens (including phenoxy) is 3. The van der Waals surface area contributed by atoms with Gasteiger partial charge >= 0.3 is 5.97 Å². The van der Waals surface area contributed by atoms with Gasteiger partial charge in [-0.1, -0.05) is 11.6 Å². The number of hydrogen-bond donors (Lipinski definition) is 1. The van der Waals surface area contributed by atoms with Crippen molar-refractivity contribution in [3.05, 3.63) is 82.9 Å². The molecule has 0 saturated carbocycles. The highest BCUT2D eigenvalue weighted by molar-refractivity contribution is 7.89. The average Bonchev–Trinajstić information content (AvgIpc) is 2.81. The number of nitrogens with one attached hydrogen (secondary N) is 1. The van der Waals surface area contributed by atoms with E-state index in [1.54, 1.807) is 49.4 Å². The van der Waals surface area contributed by atoms with E-state index in [0.717, 1.165) is 0 Å². The van der Waals surface area contributed by atoms with Gasteiger partial charge in [0.25, 0.3) is 10.0 Å². The molecule has 3 rings (SSSR count). The van der Waals surface area contributed by atoms with Crippen LogP contribution in [0.2, 0.25) is 5.02 Å². The number of esters is 1. The van der Waals surface area contributed by atoms with Crippen molar-refractivity contribution in [1.82, 2.24) is 4.83 Å². The molecule has 1 N–H and O–H groups in total. The van der Waals surface area contributed by atoms with Gasteiger partial charge < -0.3 is 14.2 Å². The fourth-order valence-corrected chi connectivity index (χ4v) is 3.60. The van der Waals surface area contributed by atoms with Gasteiger partial charge in [-0.05, 0) is 79.2 Å². The van der Waals surface area contributed by atoms with Crippen molar-refractivity contribution in [3.8, 4) is 17.2 Å². The number of hydrogen-bond acceptors (Lipinski definition) is 7. The minimum absolute atomic E-state index is 0.0276. The summed E-state index contributed by atoms with van der Waals surface area (Å²) in [5, 5.41) is 4.22. The smallest absolute Gasteiger partial charge is 0.343 e. The number of carbonyl (C=O) groups excluding carboxylic acids is 1. The van der Waals surface area contributed by atoms with Crippen LogP contribution < -0.4 is 19.0 Å². The van der Waals surface area contributed by atoms with Crippen molar-refractivity contribution < 1.29 is 27.4 Å². The summed E-state index contributed by atoms with van der Waals surface area (Å²) in [5.41, 5.74) is 0.877. The summed E-state index contributed by atoms with van der Waals surface area (Å²) in [6.07, 6.45) is 1.31. The molecule has 0 aliphatic rings. The molecule has 0 aliphatic heterocycles. The largest absolute Gasteiger partial charge is 0.497 e. The second-order valence-electron chi connectivity index (χ2n) is 6.56. The number of nitrogens with zero attached hydrogens (tertiary/aromatic N) is 1. The highest BCUT2D eigenvalue weighted by Crippen LogP contribution is 2.29. The number of sulfonamides is 1. The summed E-state index contributed by atoms with van der Waals surface area (Å²) in [6.45, 7) is 2.12. The van der Waals surface area contributed by atoms with Crippen LogP contribution >= 0.6 is 11.6 Å². The fourth-order valence-electron chi connectivity index (χ4n) is 2.68. The van der Waals surface area contributed by atoms with E-state index in [4.69, 9.17) is 25.8 Å². The molecule has 3 aromatic rings. The molecule has 0 amide bonds. The molecule has 0 radical (unpaired) electrons. The lowest BCUT2D eigenvalue weighted by Crippen LogP contribution is -2.18. The van der Waals surface area contributed by atoms with Crippen molar-refractivity contribution in [2.45, 2.75) is 11.8 Å². The highest BCUT2D eigenvalue weighted by atomic mass is 35.5. The van der Waals surface area contributed by atoms with Gasteiger partial charge in [0.15, 0.2) is 11.5 Å². The Morgan fingerprint density at radius 2 is 1.73 bits per heavy atom. The molecular weight excluding hydrogens is 468 g/mol. The Labute approximate surface area is 196 Å². The average molecular weight is 489 g/mol. The predicted molar refractivity (Wildman–Crippen MR) is 125 cm³/mol. The maximum absolute atomic E-state index is 12.5. The Morgan fingerprint density at radius 3 is 2.36 bits per heavy atom. The van der Waals surface area contributed by atoms with Gasteiger partial charge in [-0.3, -0.25) is 0 Å². The molecule has 0 aromatic heterocycles. The van der Waals surface area contributed by atoms with Crippen LogP contribution in [0.25, 0.3) is 0 Å². The van der Waals surface area contributed by atoms with Gasteiger partial charge in [-0.2, -0.15) is 13.5 Å². The minimum Gasteiger partial charge on any atom is -0.497 e. The number of benzene rings is 3. The molecule has 0 heterocycles. The first-order valence-corrected chi connectivity index (χ1v) is 11.6. The normalized spacial score (nSPS) is 11.2. The Bertz CT molecular complexity index is 1240. The minimum atomic E-state index is -3.84. The molecule has 0 fully saturated rings. The van der Waals surface area contributed by atoms with Gasteiger partial charge in [0.2, 0.25) is 0 Å². The van der Waals surface area contributed by atoms with E-state index in [2.05, 4.69) is 9.93 Å². The lowest BCUT2D eigenvalue weighted by atomic mass is 10.2. The zero-order valence-corrected chi connectivity index (χ0v) is 19.4. The molecule has 8 nitrogen and oxygen atoms in total. The number of carbonyl (C=O) groups is 1. The molecular formula is C23H21ClN2O6S. The van der Waals surface area contributed by atoms with E-state index in [1.807, 2.05) is 0 Å². The number of rotatable bonds is 9. The third-order valence-corrected chi connectivity index (χ3v) is 5.80. The first-order valence-electron chi connectivity index (χ1n) is 9.76. The lowest BCUT2D eigenvalue weighted by molar-refractivity contribution is 0.0728. The van der Waals surface area contributed by atoms with Gasteiger partial charge in [-0.15, -0.1) is 0 Å². The molecule has 0 saturated heterocycles. The van der Waals surface area contributed by atoms with Crippen LogP contribution in [0.4, 0.5) is 0 Å². The second kappa shape index (κ2) is 10.8. The Hall–Kier alpha value is -3.56. The molecule has 0 bridgehead atoms. The summed E-state index contributed by atoms with van der Waals surface area (Å²) in [4.78, 5) is 14.6. The summed E-state index contributed by atoms with van der Waals surface area (Å²) in [6, 6.07) is 16.9. The van der Waals surface area contributed by atoms with Crippen LogP contribution in [0.5, 0.6) is 17.2 Å². The Kier molecular flexibility index (Phi) is 7.92. The molecule has 172 valence electrons. The summed E-state index contributed by atoms with van der Waals surface area (Å²) < 4.78 is 40.7. The molecule has 33 heavy (non-hydrogen) atoms. The van der Waals surface area contributed by atoms with Crippen LogP contribution in [-0.2, 0) is 10.0 Å². The van der Waals surface area contributed by atoms with Crippen molar-refractivity contribution >= 4 is 33.8 Å². The molecule has 0 aliphatic carbocycles. The van der Waals surface area contributed by atoms with Crippen LogP contribution in [0, 0.1) is 0 Å². The van der Waals surface area contributed by atoms with Crippen molar-refractivity contribution in [2.75, 3.05) is 13.7 Å². The summed E-state index contributed by atoms with van der Waals surface area (Å²) in [7, 11) is -2.31. The first kappa shape index (κ1) is 24.1. The number of hydrazone groups is 1. The van der Waals surface area contributed by atoms with Gasteiger partial charge in [-0.25, -0.2) is 9.63 Å². The standard InChI is InChI=1S/C23H21ClN2O6S/c1-3-31-22-14-16(15-25-26-33(28,29)20-11-7-18(24)8-12-20)4-13-21(22)32-23(27)17-5-9-19(30-2)10-6-17/h4-15,26H,3H2,1-2H3/b25-15-. The van der Waals surface area contributed by atoms with Crippen LogP contribution in [0.1, 0.15) is 22.8 Å². The van der Waals surface area contributed by atoms with Crippen molar-refractivity contribution in [1.29, 1.82) is 0 Å². The summed E-state index contributed by atoms with van der Waals surface area (Å²) >= 11 is 5.78. The number of halogens is 1. The van der Waals surface area contributed by atoms with Crippen molar-refractivity contribution in [2.24, 2.45) is 5.10 Å². The predicted octanol–water partition coefficient (Wildman–Crippen LogP) is 4.28. The monoisotopic (exact) mass is 488 g/mol. The third-order valence-electron chi connectivity index (χ3n) is 4.31. The zero-order chi connectivity index (χ0) is 23.8. The van der Waals surface area contributed by atoms with E-state index in [1.165, 1.54) is 37.6 Å². The van der Waals surface area contributed by atoms with Gasteiger partial charge in [0.1, 0.15) is 5.75 Å². The van der Waals surface area contributed by atoms with E-state index in [0.29, 0.717) is 34.3 Å². The quantitative estimate of drug-likeness (QED) is 0.209. The Morgan fingerprint density at radius 1 is 1.03 bits per heavy atom. The third kappa shape index (κ3) is 6.47. The maximum Gasteiger partial charge on any atom is 0.343 e. The topological polar surface area (TPSA) is 103 Å². The molecule has 0 unspecified atom stereocenters. The van der Waals surface area contributed by atoms with E-state index in [-0.39, 0.29) is 10.6 Å². The molecule has 3 aromatic carbocycles. The SMILES string of the molecule is CCOc1cc(/C=N\NS(=O)(=O)c2ccc(Cl)cc2)ccc1OC(=O)c1ccc(OC)cc1. The lowest BCUT2D eigenvalue weighted by Gasteiger charge is -2.11. The fraction of sp³-hybridized carbons (Fsp3) is 0.130. The van der Waals surface area contributed by atoms with E-state index < -0.39 is 16.0 Å². The molecule has 0 atom stereocenters. The van der Waals surface area contributed by atoms with E-state index >= 15 is 0 Å². The number of methoxy groups -OCH3 is 1. The maximum atomic E-state index is 12.5. The molecule has 0 spiro atoms. The van der Waals surface area contributed by atoms with Gasteiger partial charge in [0, 0.05) is 5.02 Å². The summed E-state index contributed by atoms with van der Waals surface area (Å²) in [5.74, 6) is 0.591. The molecule has 10 heteroatoms. The van der Waals surface area contributed by atoms with Crippen LogP contribution in [-0.4, -0.2) is 34.3 Å². The van der Waals surface area contributed by atoms with E-state index in [9.17, 15) is 13.2 Å². The van der Waals surface area contributed by atoms with Crippen LogP contribution in [0.3, 0.4) is 0 Å². The first-order chi connectivity index (χ1) is 15.8. The van der Waals surface area contributed by atoms with Crippen molar-refractivity contribution in [3.63, 3.8) is 0 Å². The Balaban J connectivity index is 1.73. The highest BCUT2D eigenvalue weighted by Gasteiger charge is 2.14. The zero-order valence-electron chi connectivity index (χ0n) is 17.8. The second-order valence-corrected chi connectivity index (χ2v) is 8.66. The van der Waals surface area contributed by atoms with Crippen LogP contribution in [0.15, 0.2) is 76.7 Å².